The van der Waals surface area contributed by atoms with Crippen molar-refractivity contribution in [3.63, 3.8) is 0 Å². The van der Waals surface area contributed by atoms with Gasteiger partial charge in [-0.1, -0.05) is 34.1 Å². The maximum atomic E-state index is 12.3. The Morgan fingerprint density at radius 1 is 1.25 bits per heavy atom. The van der Waals surface area contributed by atoms with Crippen molar-refractivity contribution in [3.8, 4) is 0 Å². The number of H-pyrrole nitrogens is 1. The largest absolute Gasteiger partial charge is 0.358 e. The molecular formula is C20H19BrN2O. The van der Waals surface area contributed by atoms with Crippen molar-refractivity contribution in [2.75, 3.05) is 7.05 Å². The van der Waals surface area contributed by atoms with E-state index < -0.39 is 0 Å². The van der Waals surface area contributed by atoms with Crippen molar-refractivity contribution in [1.82, 2.24) is 10.3 Å². The van der Waals surface area contributed by atoms with Gasteiger partial charge in [0.15, 0.2) is 0 Å². The van der Waals surface area contributed by atoms with E-state index in [1.165, 1.54) is 22.2 Å². The van der Waals surface area contributed by atoms with Gasteiger partial charge in [0.1, 0.15) is 0 Å². The lowest BCUT2D eigenvalue weighted by Crippen LogP contribution is -2.22. The van der Waals surface area contributed by atoms with Gasteiger partial charge in [0.2, 0.25) is 0 Å². The number of halogens is 1. The summed E-state index contributed by atoms with van der Waals surface area (Å²) in [6.07, 6.45) is 3.29. The molecule has 0 fully saturated rings. The number of carbonyl (C=O) groups is 1. The molecule has 1 unspecified atom stereocenters. The molecule has 0 bridgehead atoms. The zero-order chi connectivity index (χ0) is 16.7. The first-order chi connectivity index (χ1) is 11.7. The number of nitrogens with one attached hydrogen (secondary N) is 2. The molecule has 3 aromatic rings. The molecule has 1 aromatic heterocycles. The average molecular weight is 383 g/mol. The molecule has 1 atom stereocenters. The van der Waals surface area contributed by atoms with Gasteiger partial charge in [-0.3, -0.25) is 4.79 Å². The Labute approximate surface area is 149 Å². The van der Waals surface area contributed by atoms with Gasteiger partial charge in [0.05, 0.1) is 0 Å². The Morgan fingerprint density at radius 2 is 2.08 bits per heavy atom. The van der Waals surface area contributed by atoms with E-state index in [1.54, 1.807) is 7.05 Å². The molecule has 1 heterocycles. The smallest absolute Gasteiger partial charge is 0.251 e. The van der Waals surface area contributed by atoms with Crippen LogP contribution < -0.4 is 5.32 Å². The fourth-order valence-corrected chi connectivity index (χ4v) is 4.25. The normalized spacial score (nSPS) is 16.8. The summed E-state index contributed by atoms with van der Waals surface area (Å²) in [5, 5.41) is 4.06. The maximum Gasteiger partial charge on any atom is 0.251 e. The summed E-state index contributed by atoms with van der Waals surface area (Å²) >= 11 is 3.58. The lowest BCUT2D eigenvalue weighted by atomic mass is 9.80. The molecular weight excluding hydrogens is 364 g/mol. The first kappa shape index (κ1) is 15.5. The topological polar surface area (TPSA) is 44.9 Å². The number of amides is 1. The van der Waals surface area contributed by atoms with Crippen molar-refractivity contribution in [2.24, 2.45) is 0 Å². The quantitative estimate of drug-likeness (QED) is 0.659. The second kappa shape index (κ2) is 6.10. The number of aromatic nitrogens is 1. The third kappa shape index (κ3) is 2.46. The van der Waals surface area contributed by atoms with Gasteiger partial charge >= 0.3 is 0 Å². The number of rotatable bonds is 2. The highest BCUT2D eigenvalue weighted by Crippen LogP contribution is 2.41. The fraction of sp³-hybridized carbons (Fsp3) is 0.250. The van der Waals surface area contributed by atoms with Crippen LogP contribution in [0.3, 0.4) is 0 Å². The van der Waals surface area contributed by atoms with E-state index in [2.05, 4.69) is 50.5 Å². The molecule has 2 aromatic carbocycles. The van der Waals surface area contributed by atoms with Crippen LogP contribution >= 0.6 is 15.9 Å². The van der Waals surface area contributed by atoms with Crippen LogP contribution in [0.2, 0.25) is 0 Å². The monoisotopic (exact) mass is 382 g/mol. The zero-order valence-corrected chi connectivity index (χ0v) is 15.1. The van der Waals surface area contributed by atoms with Gasteiger partial charge in [-0.2, -0.15) is 0 Å². The van der Waals surface area contributed by atoms with Crippen molar-refractivity contribution >= 4 is 32.7 Å². The Bertz CT molecular complexity index is 929. The van der Waals surface area contributed by atoms with Gasteiger partial charge in [0, 0.05) is 39.6 Å². The summed E-state index contributed by atoms with van der Waals surface area (Å²) in [4.78, 5) is 15.9. The van der Waals surface area contributed by atoms with E-state index in [9.17, 15) is 4.79 Å². The third-order valence-corrected chi connectivity index (χ3v) is 5.47. The van der Waals surface area contributed by atoms with E-state index in [-0.39, 0.29) is 11.8 Å². The number of carbonyl (C=O) groups excluding carboxylic acids is 1. The van der Waals surface area contributed by atoms with E-state index in [1.807, 2.05) is 18.2 Å². The van der Waals surface area contributed by atoms with Crippen LogP contribution in [0, 0.1) is 0 Å². The second-order valence-electron chi connectivity index (χ2n) is 6.32. The predicted molar refractivity (Wildman–Crippen MR) is 101 cm³/mol. The summed E-state index contributed by atoms with van der Waals surface area (Å²) in [5.41, 5.74) is 5.73. The highest BCUT2D eigenvalue weighted by Gasteiger charge is 2.28. The number of aromatic amines is 1. The van der Waals surface area contributed by atoms with E-state index in [0.29, 0.717) is 0 Å². The van der Waals surface area contributed by atoms with Crippen LogP contribution in [-0.4, -0.2) is 17.9 Å². The number of aryl methyl sites for hydroxylation is 1. The van der Waals surface area contributed by atoms with Gasteiger partial charge in [-0.25, -0.2) is 0 Å². The maximum absolute atomic E-state index is 12.3. The summed E-state index contributed by atoms with van der Waals surface area (Å²) in [6.45, 7) is 0. The minimum atomic E-state index is -0.0171. The summed E-state index contributed by atoms with van der Waals surface area (Å²) in [6, 6.07) is 14.3. The van der Waals surface area contributed by atoms with Gasteiger partial charge in [0.25, 0.3) is 5.91 Å². The molecule has 0 saturated heterocycles. The predicted octanol–water partition coefficient (Wildman–Crippen LogP) is 4.76. The Hall–Kier alpha value is -2.07. The Kier molecular flexibility index (Phi) is 3.93. The molecule has 0 radical (unpaired) electrons. The molecule has 3 nitrogen and oxygen atoms in total. The summed E-state index contributed by atoms with van der Waals surface area (Å²) < 4.78 is 1.10. The third-order valence-electron chi connectivity index (χ3n) is 4.98. The first-order valence-electron chi connectivity index (χ1n) is 8.30. The minimum absolute atomic E-state index is 0.0171. The SMILES string of the molecule is CNC(=O)c1ccccc1C1CCCc2c1[nH]c1ccc(Br)cc21. The van der Waals surface area contributed by atoms with E-state index in [0.717, 1.165) is 34.9 Å². The summed E-state index contributed by atoms with van der Waals surface area (Å²) in [7, 11) is 1.69. The molecule has 122 valence electrons. The Balaban J connectivity index is 1.89. The van der Waals surface area contributed by atoms with Crippen molar-refractivity contribution < 1.29 is 4.79 Å². The lowest BCUT2D eigenvalue weighted by molar-refractivity contribution is 0.0962. The molecule has 0 aliphatic heterocycles. The molecule has 0 spiro atoms. The minimum Gasteiger partial charge on any atom is -0.358 e. The molecule has 24 heavy (non-hydrogen) atoms. The highest BCUT2D eigenvalue weighted by atomic mass is 79.9. The van der Waals surface area contributed by atoms with Crippen LogP contribution in [0.4, 0.5) is 0 Å². The average Bonchev–Trinajstić information content (AvgIpc) is 2.99. The van der Waals surface area contributed by atoms with Crippen LogP contribution in [0.25, 0.3) is 10.9 Å². The van der Waals surface area contributed by atoms with E-state index >= 15 is 0 Å². The number of hydrogen-bond acceptors (Lipinski definition) is 1. The number of hydrogen-bond donors (Lipinski definition) is 2. The molecule has 0 saturated carbocycles. The molecule has 1 aliphatic rings. The van der Waals surface area contributed by atoms with Crippen LogP contribution in [0.15, 0.2) is 46.9 Å². The molecule has 4 rings (SSSR count). The van der Waals surface area contributed by atoms with Crippen molar-refractivity contribution in [2.45, 2.75) is 25.2 Å². The Morgan fingerprint density at radius 3 is 2.92 bits per heavy atom. The van der Waals surface area contributed by atoms with Crippen molar-refractivity contribution in [1.29, 1.82) is 0 Å². The van der Waals surface area contributed by atoms with Crippen molar-refractivity contribution in [3.05, 3.63) is 69.3 Å². The second-order valence-corrected chi connectivity index (χ2v) is 7.23. The lowest BCUT2D eigenvalue weighted by Gasteiger charge is -2.25. The van der Waals surface area contributed by atoms with Gasteiger partial charge < -0.3 is 10.3 Å². The van der Waals surface area contributed by atoms with E-state index in [4.69, 9.17) is 0 Å². The standard InChI is InChI=1S/C20H19BrN2O/c1-22-20(24)16-6-3-2-5-13(16)14-7-4-8-15-17-11-12(21)9-10-18(17)23-19(14)15/h2-3,5-6,9-11,14,23H,4,7-8H2,1H3,(H,22,24). The molecule has 1 aliphatic carbocycles. The van der Waals surface area contributed by atoms with Gasteiger partial charge in [-0.05, 0) is 54.7 Å². The summed E-state index contributed by atoms with van der Waals surface area (Å²) in [5.74, 6) is 0.227. The number of fused-ring (bicyclic) bond motifs is 3. The van der Waals surface area contributed by atoms with Gasteiger partial charge in [-0.15, -0.1) is 0 Å². The zero-order valence-electron chi connectivity index (χ0n) is 13.5. The first-order valence-corrected chi connectivity index (χ1v) is 9.09. The molecule has 2 N–H and O–H groups in total. The molecule has 1 amide bonds. The fourth-order valence-electron chi connectivity index (χ4n) is 3.89. The molecule has 4 heteroatoms. The highest BCUT2D eigenvalue weighted by molar-refractivity contribution is 9.10. The van der Waals surface area contributed by atoms with Crippen LogP contribution in [-0.2, 0) is 6.42 Å². The number of benzene rings is 2. The van der Waals surface area contributed by atoms with Crippen LogP contribution in [0.1, 0.15) is 45.9 Å². The van der Waals surface area contributed by atoms with Crippen LogP contribution in [0.5, 0.6) is 0 Å².